The molecule has 0 bridgehead atoms. The van der Waals surface area contributed by atoms with Crippen molar-refractivity contribution in [2.24, 2.45) is 5.41 Å². The van der Waals surface area contributed by atoms with Gasteiger partial charge in [-0.2, -0.15) is 0 Å². The van der Waals surface area contributed by atoms with E-state index in [0.717, 1.165) is 38.9 Å². The predicted octanol–water partition coefficient (Wildman–Crippen LogP) is 1.03. The van der Waals surface area contributed by atoms with Crippen molar-refractivity contribution in [3.63, 3.8) is 0 Å². The van der Waals surface area contributed by atoms with Gasteiger partial charge >= 0.3 is 0 Å². The SMILES string of the molecule is CN1CCC2(CCNCC2F)CC1. The van der Waals surface area contributed by atoms with Crippen molar-refractivity contribution in [2.45, 2.75) is 25.4 Å². The van der Waals surface area contributed by atoms with Gasteiger partial charge in [-0.3, -0.25) is 0 Å². The lowest BCUT2D eigenvalue weighted by Crippen LogP contribution is -2.51. The monoisotopic (exact) mass is 186 g/mol. The molecular weight excluding hydrogens is 167 g/mol. The van der Waals surface area contributed by atoms with Crippen LogP contribution in [-0.2, 0) is 0 Å². The van der Waals surface area contributed by atoms with Crippen molar-refractivity contribution >= 4 is 0 Å². The minimum absolute atomic E-state index is 0.0256. The fourth-order valence-electron chi connectivity index (χ4n) is 2.57. The van der Waals surface area contributed by atoms with Crippen LogP contribution < -0.4 is 5.32 Å². The smallest absolute Gasteiger partial charge is 0.118 e. The second-order valence-electron chi connectivity index (χ2n) is 4.59. The molecule has 0 aromatic rings. The lowest BCUT2D eigenvalue weighted by Gasteiger charge is -2.45. The summed E-state index contributed by atoms with van der Waals surface area (Å²) >= 11 is 0. The Morgan fingerprint density at radius 2 is 2.00 bits per heavy atom. The van der Waals surface area contributed by atoms with Crippen LogP contribution in [0.1, 0.15) is 19.3 Å². The molecule has 2 nitrogen and oxygen atoms in total. The Morgan fingerprint density at radius 3 is 2.62 bits per heavy atom. The molecule has 2 heterocycles. The molecule has 1 atom stereocenters. The van der Waals surface area contributed by atoms with Gasteiger partial charge in [-0.05, 0) is 45.9 Å². The Morgan fingerprint density at radius 1 is 1.31 bits per heavy atom. The van der Waals surface area contributed by atoms with E-state index in [0.29, 0.717) is 6.54 Å². The molecule has 76 valence electrons. The number of hydrogen-bond acceptors (Lipinski definition) is 2. The van der Waals surface area contributed by atoms with Gasteiger partial charge in [-0.1, -0.05) is 0 Å². The Bertz CT molecular complexity index is 176. The summed E-state index contributed by atoms with van der Waals surface area (Å²) in [5.74, 6) is 0. The molecule has 1 spiro atoms. The maximum Gasteiger partial charge on any atom is 0.118 e. The summed E-state index contributed by atoms with van der Waals surface area (Å²) in [6.45, 7) is 3.72. The Balaban J connectivity index is 2.01. The first-order valence-electron chi connectivity index (χ1n) is 5.26. The number of likely N-dealkylation sites (tertiary alicyclic amines) is 1. The van der Waals surface area contributed by atoms with Crippen LogP contribution in [0.4, 0.5) is 4.39 Å². The molecule has 1 unspecified atom stereocenters. The highest BCUT2D eigenvalue weighted by molar-refractivity contribution is 4.95. The third-order valence-electron chi connectivity index (χ3n) is 3.77. The van der Waals surface area contributed by atoms with Gasteiger partial charge in [-0.25, -0.2) is 4.39 Å². The van der Waals surface area contributed by atoms with Gasteiger partial charge in [0.15, 0.2) is 0 Å². The molecular formula is C10H19FN2. The number of rotatable bonds is 0. The molecule has 3 heteroatoms. The number of hydrogen-bond donors (Lipinski definition) is 1. The second-order valence-corrected chi connectivity index (χ2v) is 4.59. The van der Waals surface area contributed by atoms with Crippen LogP contribution in [0.15, 0.2) is 0 Å². The van der Waals surface area contributed by atoms with Crippen molar-refractivity contribution in [3.05, 3.63) is 0 Å². The third kappa shape index (κ3) is 1.72. The van der Waals surface area contributed by atoms with E-state index < -0.39 is 6.17 Å². The van der Waals surface area contributed by atoms with E-state index in [9.17, 15) is 4.39 Å². The molecule has 0 aliphatic carbocycles. The van der Waals surface area contributed by atoms with Gasteiger partial charge < -0.3 is 10.2 Å². The number of halogens is 1. The quantitative estimate of drug-likeness (QED) is 0.608. The molecule has 2 fully saturated rings. The lowest BCUT2D eigenvalue weighted by molar-refractivity contribution is 0.00872. The van der Waals surface area contributed by atoms with E-state index in [1.54, 1.807) is 0 Å². The zero-order valence-electron chi connectivity index (χ0n) is 8.35. The van der Waals surface area contributed by atoms with Gasteiger partial charge in [0.05, 0.1) is 0 Å². The van der Waals surface area contributed by atoms with E-state index in [-0.39, 0.29) is 5.41 Å². The normalized spacial score (nSPS) is 35.1. The van der Waals surface area contributed by atoms with E-state index in [1.165, 1.54) is 0 Å². The molecule has 13 heavy (non-hydrogen) atoms. The fraction of sp³-hybridized carbons (Fsp3) is 1.00. The van der Waals surface area contributed by atoms with Crippen LogP contribution in [0.25, 0.3) is 0 Å². The van der Waals surface area contributed by atoms with Crippen molar-refractivity contribution in [1.29, 1.82) is 0 Å². The zero-order chi connectivity index (χ0) is 9.31. The highest BCUT2D eigenvalue weighted by Crippen LogP contribution is 2.40. The van der Waals surface area contributed by atoms with Crippen molar-refractivity contribution < 1.29 is 4.39 Å². The first-order chi connectivity index (χ1) is 6.23. The molecule has 2 aliphatic heterocycles. The predicted molar refractivity (Wildman–Crippen MR) is 51.5 cm³/mol. The van der Waals surface area contributed by atoms with Crippen molar-refractivity contribution in [1.82, 2.24) is 10.2 Å². The van der Waals surface area contributed by atoms with Crippen LogP contribution in [0.2, 0.25) is 0 Å². The van der Waals surface area contributed by atoms with Crippen molar-refractivity contribution in [3.8, 4) is 0 Å². The summed E-state index contributed by atoms with van der Waals surface area (Å²) in [4.78, 5) is 2.31. The van der Waals surface area contributed by atoms with Crippen LogP contribution in [0, 0.1) is 5.41 Å². The third-order valence-corrected chi connectivity index (χ3v) is 3.77. The van der Waals surface area contributed by atoms with E-state index >= 15 is 0 Å². The standard InChI is InChI=1S/C10H19FN2/c1-13-6-3-10(4-7-13)2-5-12-8-9(10)11/h9,12H,2-8H2,1H3. The Kier molecular flexibility index (Phi) is 2.56. The number of nitrogens with zero attached hydrogens (tertiary/aromatic N) is 1. The molecule has 2 aliphatic rings. The molecule has 2 rings (SSSR count). The van der Waals surface area contributed by atoms with Gasteiger partial charge in [0, 0.05) is 12.0 Å². The topological polar surface area (TPSA) is 15.3 Å². The highest BCUT2D eigenvalue weighted by atomic mass is 19.1. The minimum atomic E-state index is -0.616. The number of nitrogens with one attached hydrogen (secondary N) is 1. The van der Waals surface area contributed by atoms with Gasteiger partial charge in [0.1, 0.15) is 6.17 Å². The zero-order valence-corrected chi connectivity index (χ0v) is 8.35. The Labute approximate surface area is 79.5 Å². The minimum Gasteiger partial charge on any atom is -0.314 e. The van der Waals surface area contributed by atoms with Gasteiger partial charge in [0.2, 0.25) is 0 Å². The van der Waals surface area contributed by atoms with Crippen LogP contribution in [0.5, 0.6) is 0 Å². The average molecular weight is 186 g/mol. The summed E-state index contributed by atoms with van der Waals surface area (Å²) in [7, 11) is 2.13. The summed E-state index contributed by atoms with van der Waals surface area (Å²) < 4.78 is 13.8. The van der Waals surface area contributed by atoms with E-state index in [1.807, 2.05) is 0 Å². The summed E-state index contributed by atoms with van der Waals surface area (Å²) in [5.41, 5.74) is 0.0256. The molecule has 0 saturated carbocycles. The average Bonchev–Trinajstić information content (AvgIpc) is 2.15. The number of alkyl halides is 1. The first kappa shape index (κ1) is 9.41. The lowest BCUT2D eigenvalue weighted by atomic mass is 9.70. The summed E-state index contributed by atoms with van der Waals surface area (Å²) in [6, 6.07) is 0. The van der Waals surface area contributed by atoms with Gasteiger partial charge in [0.25, 0.3) is 0 Å². The molecule has 0 amide bonds. The maximum absolute atomic E-state index is 13.8. The summed E-state index contributed by atoms with van der Waals surface area (Å²) in [5, 5.41) is 3.13. The van der Waals surface area contributed by atoms with Crippen LogP contribution in [0.3, 0.4) is 0 Å². The molecule has 0 aromatic carbocycles. The largest absolute Gasteiger partial charge is 0.314 e. The Hall–Kier alpha value is -0.150. The number of piperidine rings is 2. The van der Waals surface area contributed by atoms with Crippen LogP contribution >= 0.6 is 0 Å². The molecule has 1 N–H and O–H groups in total. The van der Waals surface area contributed by atoms with E-state index in [4.69, 9.17) is 0 Å². The second kappa shape index (κ2) is 3.54. The van der Waals surface area contributed by atoms with Crippen LogP contribution in [-0.4, -0.2) is 44.3 Å². The highest BCUT2D eigenvalue weighted by Gasteiger charge is 2.42. The fourth-order valence-corrected chi connectivity index (χ4v) is 2.57. The first-order valence-corrected chi connectivity index (χ1v) is 5.26. The molecule has 0 aromatic heterocycles. The van der Waals surface area contributed by atoms with Gasteiger partial charge in [-0.15, -0.1) is 0 Å². The maximum atomic E-state index is 13.8. The molecule has 0 radical (unpaired) electrons. The molecule has 2 saturated heterocycles. The summed E-state index contributed by atoms with van der Waals surface area (Å²) in [6.07, 6.45) is 2.51. The van der Waals surface area contributed by atoms with E-state index in [2.05, 4.69) is 17.3 Å². The van der Waals surface area contributed by atoms with Crippen molar-refractivity contribution in [2.75, 3.05) is 33.2 Å².